The Labute approximate surface area is 176 Å². The van der Waals surface area contributed by atoms with E-state index in [0.29, 0.717) is 32.5 Å². The molecule has 0 saturated carbocycles. The van der Waals surface area contributed by atoms with Crippen LogP contribution >= 0.6 is 47.2 Å². The highest BCUT2D eigenvalue weighted by Gasteiger charge is 2.13. The minimum atomic E-state index is 0. The Morgan fingerprint density at radius 1 is 1.04 bits per heavy atom. The molecule has 26 heavy (non-hydrogen) atoms. The summed E-state index contributed by atoms with van der Waals surface area (Å²) in [5.41, 5.74) is 1.87. The van der Waals surface area contributed by atoms with Crippen LogP contribution in [0.2, 0.25) is 15.1 Å². The molecule has 2 aromatic rings. The fourth-order valence-electron chi connectivity index (χ4n) is 2.31. The highest BCUT2D eigenvalue weighted by Crippen LogP contribution is 2.37. The van der Waals surface area contributed by atoms with Crippen LogP contribution in [-0.2, 0) is 13.2 Å². The number of methoxy groups -OCH3 is 1. The predicted octanol–water partition coefficient (Wildman–Crippen LogP) is 6.40. The molecular formula is C19H23Cl4NO2. The van der Waals surface area contributed by atoms with Crippen molar-refractivity contribution in [1.29, 1.82) is 0 Å². The van der Waals surface area contributed by atoms with E-state index in [1.54, 1.807) is 19.2 Å². The molecule has 0 unspecified atom stereocenters. The molecular weight excluding hydrogens is 416 g/mol. The summed E-state index contributed by atoms with van der Waals surface area (Å²) in [4.78, 5) is 0. The summed E-state index contributed by atoms with van der Waals surface area (Å²) < 4.78 is 11.3. The highest BCUT2D eigenvalue weighted by molar-refractivity contribution is 6.35. The van der Waals surface area contributed by atoms with Crippen LogP contribution in [-0.4, -0.2) is 13.7 Å². The van der Waals surface area contributed by atoms with Crippen LogP contribution in [0.5, 0.6) is 11.5 Å². The third-order valence-electron chi connectivity index (χ3n) is 3.56. The van der Waals surface area contributed by atoms with Crippen LogP contribution in [0, 0.1) is 5.92 Å². The zero-order valence-electron chi connectivity index (χ0n) is 14.9. The molecule has 0 heterocycles. The van der Waals surface area contributed by atoms with E-state index in [0.717, 1.165) is 24.2 Å². The van der Waals surface area contributed by atoms with Crippen LogP contribution in [0.1, 0.15) is 25.0 Å². The maximum absolute atomic E-state index is 6.40. The van der Waals surface area contributed by atoms with Crippen LogP contribution < -0.4 is 14.8 Å². The van der Waals surface area contributed by atoms with Gasteiger partial charge in [0.2, 0.25) is 0 Å². The second-order valence-electron chi connectivity index (χ2n) is 6.16. The van der Waals surface area contributed by atoms with Crippen LogP contribution in [0.4, 0.5) is 0 Å². The number of hydrogen-bond donors (Lipinski definition) is 1. The van der Waals surface area contributed by atoms with Gasteiger partial charge in [0.1, 0.15) is 6.61 Å². The highest BCUT2D eigenvalue weighted by atomic mass is 35.5. The summed E-state index contributed by atoms with van der Waals surface area (Å²) in [6.45, 7) is 6.26. The quantitative estimate of drug-likeness (QED) is 0.516. The van der Waals surface area contributed by atoms with Crippen molar-refractivity contribution in [2.24, 2.45) is 5.92 Å². The lowest BCUT2D eigenvalue weighted by Gasteiger charge is -2.15. The van der Waals surface area contributed by atoms with Crippen molar-refractivity contribution in [2.75, 3.05) is 13.7 Å². The van der Waals surface area contributed by atoms with Gasteiger partial charge in [-0.2, -0.15) is 0 Å². The molecule has 0 aliphatic carbocycles. The van der Waals surface area contributed by atoms with Gasteiger partial charge in [0.15, 0.2) is 11.5 Å². The zero-order chi connectivity index (χ0) is 18.4. The molecule has 1 N–H and O–H groups in total. The minimum absolute atomic E-state index is 0. The van der Waals surface area contributed by atoms with Gasteiger partial charge in [-0.15, -0.1) is 12.4 Å². The lowest BCUT2D eigenvalue weighted by atomic mass is 10.1. The summed E-state index contributed by atoms with van der Waals surface area (Å²) in [6.07, 6.45) is 0. The van der Waals surface area contributed by atoms with E-state index < -0.39 is 0 Å². The first-order chi connectivity index (χ1) is 11.9. The van der Waals surface area contributed by atoms with Crippen LogP contribution in [0.25, 0.3) is 0 Å². The molecule has 3 nitrogen and oxygen atoms in total. The lowest BCUT2D eigenvalue weighted by molar-refractivity contribution is 0.284. The average Bonchev–Trinajstić information content (AvgIpc) is 2.54. The van der Waals surface area contributed by atoms with Crippen LogP contribution in [0.3, 0.4) is 0 Å². The van der Waals surface area contributed by atoms with E-state index >= 15 is 0 Å². The van der Waals surface area contributed by atoms with Crippen molar-refractivity contribution < 1.29 is 9.47 Å². The summed E-state index contributed by atoms with van der Waals surface area (Å²) in [6, 6.07) is 9.10. The SMILES string of the molecule is COc1cc(CNCC(C)C)cc(Cl)c1OCc1ccc(Cl)cc1Cl.Cl. The van der Waals surface area contributed by atoms with Gasteiger partial charge in [-0.25, -0.2) is 0 Å². The first-order valence-corrected chi connectivity index (χ1v) is 9.18. The van der Waals surface area contributed by atoms with E-state index in [4.69, 9.17) is 44.3 Å². The van der Waals surface area contributed by atoms with E-state index in [1.165, 1.54) is 0 Å². The van der Waals surface area contributed by atoms with Gasteiger partial charge in [-0.05, 0) is 42.3 Å². The normalized spacial score (nSPS) is 10.6. The summed E-state index contributed by atoms with van der Waals surface area (Å²) >= 11 is 18.5. The molecule has 0 radical (unpaired) electrons. The van der Waals surface area contributed by atoms with Crippen LogP contribution in [0.15, 0.2) is 30.3 Å². The van der Waals surface area contributed by atoms with Gasteiger partial charge < -0.3 is 14.8 Å². The van der Waals surface area contributed by atoms with Gasteiger partial charge in [0, 0.05) is 22.2 Å². The first kappa shape index (κ1) is 23.2. The Balaban J connectivity index is 0.00000338. The molecule has 144 valence electrons. The van der Waals surface area contributed by atoms with Crippen molar-refractivity contribution in [2.45, 2.75) is 27.0 Å². The second kappa shape index (κ2) is 11.1. The van der Waals surface area contributed by atoms with Gasteiger partial charge >= 0.3 is 0 Å². The van der Waals surface area contributed by atoms with Crippen molar-refractivity contribution in [3.63, 3.8) is 0 Å². The number of benzene rings is 2. The maximum Gasteiger partial charge on any atom is 0.180 e. The molecule has 0 spiro atoms. The third kappa shape index (κ3) is 6.71. The van der Waals surface area contributed by atoms with Gasteiger partial charge in [0.25, 0.3) is 0 Å². The largest absolute Gasteiger partial charge is 0.493 e. The number of ether oxygens (including phenoxy) is 2. The number of nitrogens with one attached hydrogen (secondary N) is 1. The minimum Gasteiger partial charge on any atom is -0.493 e. The topological polar surface area (TPSA) is 30.5 Å². The second-order valence-corrected chi connectivity index (χ2v) is 7.41. The van der Waals surface area contributed by atoms with E-state index in [-0.39, 0.29) is 19.0 Å². The average molecular weight is 439 g/mol. The summed E-state index contributed by atoms with van der Waals surface area (Å²) in [7, 11) is 1.60. The van der Waals surface area contributed by atoms with Crippen molar-refractivity contribution in [3.8, 4) is 11.5 Å². The molecule has 0 bridgehead atoms. The number of hydrogen-bond acceptors (Lipinski definition) is 3. The number of halogens is 4. The Morgan fingerprint density at radius 2 is 1.77 bits per heavy atom. The Bertz CT molecular complexity index is 723. The van der Waals surface area contributed by atoms with Crippen molar-refractivity contribution >= 4 is 47.2 Å². The third-order valence-corrected chi connectivity index (χ3v) is 4.43. The van der Waals surface area contributed by atoms with Gasteiger partial charge in [-0.1, -0.05) is 54.7 Å². The number of rotatable bonds is 8. The molecule has 2 aromatic carbocycles. The van der Waals surface area contributed by atoms with Gasteiger partial charge in [0.05, 0.1) is 12.1 Å². The van der Waals surface area contributed by atoms with E-state index in [9.17, 15) is 0 Å². The molecule has 0 fully saturated rings. The Kier molecular flexibility index (Phi) is 9.91. The summed E-state index contributed by atoms with van der Waals surface area (Å²) in [5.74, 6) is 1.69. The molecule has 0 aliphatic heterocycles. The van der Waals surface area contributed by atoms with E-state index in [1.807, 2.05) is 18.2 Å². The zero-order valence-corrected chi connectivity index (χ0v) is 18.0. The Morgan fingerprint density at radius 3 is 2.38 bits per heavy atom. The first-order valence-electron chi connectivity index (χ1n) is 8.04. The Hall–Kier alpha value is -0.840. The standard InChI is InChI=1S/C19H22Cl3NO2.ClH/c1-12(2)9-23-10-13-6-17(22)19(18(7-13)24-3)25-11-14-4-5-15(20)8-16(14)21;/h4-8,12,23H,9-11H2,1-3H3;1H. The molecule has 0 aromatic heterocycles. The van der Waals surface area contributed by atoms with Gasteiger partial charge in [-0.3, -0.25) is 0 Å². The summed E-state index contributed by atoms with van der Waals surface area (Å²) in [5, 5.41) is 5.03. The molecule has 2 rings (SSSR count). The molecule has 0 amide bonds. The molecule has 0 aliphatic rings. The fourth-order valence-corrected chi connectivity index (χ4v) is 3.06. The molecule has 7 heteroatoms. The maximum atomic E-state index is 6.40. The smallest absolute Gasteiger partial charge is 0.180 e. The molecule has 0 atom stereocenters. The molecule has 0 saturated heterocycles. The monoisotopic (exact) mass is 437 g/mol. The fraction of sp³-hybridized carbons (Fsp3) is 0.368. The lowest BCUT2D eigenvalue weighted by Crippen LogP contribution is -2.19. The van der Waals surface area contributed by atoms with E-state index in [2.05, 4.69) is 19.2 Å². The van der Waals surface area contributed by atoms with Crippen molar-refractivity contribution in [3.05, 3.63) is 56.5 Å². The van der Waals surface area contributed by atoms with Crippen molar-refractivity contribution in [1.82, 2.24) is 5.32 Å². The predicted molar refractivity (Wildman–Crippen MR) is 113 cm³/mol.